The molecule has 0 aliphatic heterocycles. The maximum Gasteiger partial charge on any atom is 0.251 e. The van der Waals surface area contributed by atoms with E-state index in [-0.39, 0.29) is 5.91 Å². The second-order valence-corrected chi connectivity index (χ2v) is 4.61. The van der Waals surface area contributed by atoms with Crippen LogP contribution in [0.4, 0.5) is 0 Å². The van der Waals surface area contributed by atoms with Crippen molar-refractivity contribution in [2.24, 2.45) is 0 Å². The quantitative estimate of drug-likeness (QED) is 0.611. The first-order chi connectivity index (χ1) is 8.65. The number of benzene rings is 1. The molecule has 100 valence electrons. The lowest BCUT2D eigenvalue weighted by Gasteiger charge is -2.08. The number of alkyl halides is 1. The second-order valence-electron chi connectivity index (χ2n) is 4.23. The molecule has 0 aliphatic rings. The number of ether oxygens (including phenoxy) is 1. The Balaban J connectivity index is 2.32. The third kappa shape index (κ3) is 5.07. The average Bonchev–Trinajstić information content (AvgIpc) is 2.33. The van der Waals surface area contributed by atoms with Gasteiger partial charge in [0.25, 0.3) is 5.91 Å². The summed E-state index contributed by atoms with van der Waals surface area (Å²) in [5.41, 5.74) is 2.91. The first-order valence-corrected chi connectivity index (χ1v) is 6.67. The Morgan fingerprint density at radius 1 is 1.33 bits per heavy atom. The molecule has 1 amide bonds. The fourth-order valence-electron chi connectivity index (χ4n) is 1.70. The fraction of sp³-hybridized carbons (Fsp3) is 0.500. The van der Waals surface area contributed by atoms with Gasteiger partial charge in [0.2, 0.25) is 0 Å². The lowest BCUT2D eigenvalue weighted by Crippen LogP contribution is -2.26. The molecule has 0 saturated heterocycles. The number of carbonyl (C=O) groups excluding carboxylic acids is 1. The summed E-state index contributed by atoms with van der Waals surface area (Å²) in [6.45, 7) is 5.77. The highest BCUT2D eigenvalue weighted by atomic mass is 35.5. The summed E-state index contributed by atoms with van der Waals surface area (Å²) in [5, 5.41) is 2.88. The molecule has 0 unspecified atom stereocenters. The summed E-state index contributed by atoms with van der Waals surface area (Å²) in [7, 11) is 0. The molecule has 0 bridgehead atoms. The summed E-state index contributed by atoms with van der Waals surface area (Å²) in [6.07, 6.45) is 0.799. The number of aryl methyl sites for hydroxylation is 2. The van der Waals surface area contributed by atoms with Crippen molar-refractivity contribution in [1.82, 2.24) is 5.32 Å². The van der Waals surface area contributed by atoms with Crippen LogP contribution in [0.5, 0.6) is 0 Å². The van der Waals surface area contributed by atoms with Crippen LogP contribution in [0.15, 0.2) is 18.2 Å². The minimum Gasteiger partial charge on any atom is -0.380 e. The number of rotatable bonds is 7. The summed E-state index contributed by atoms with van der Waals surface area (Å²) in [6, 6.07) is 5.83. The number of nitrogens with one attached hydrogen (secondary N) is 1. The van der Waals surface area contributed by atoms with Gasteiger partial charge in [-0.15, -0.1) is 11.6 Å². The SMILES string of the molecule is Cc1ccc(C(=O)NCCCOCCCl)c(C)c1. The third-order valence-corrected chi connectivity index (χ3v) is 2.75. The minimum atomic E-state index is -0.0233. The summed E-state index contributed by atoms with van der Waals surface area (Å²) >= 11 is 5.48. The molecule has 0 heterocycles. The van der Waals surface area contributed by atoms with E-state index in [1.54, 1.807) is 0 Å². The van der Waals surface area contributed by atoms with Crippen molar-refractivity contribution in [3.63, 3.8) is 0 Å². The van der Waals surface area contributed by atoms with E-state index in [0.29, 0.717) is 25.6 Å². The highest BCUT2D eigenvalue weighted by Gasteiger charge is 2.07. The Bertz CT molecular complexity index is 393. The molecule has 0 aliphatic carbocycles. The zero-order valence-electron chi connectivity index (χ0n) is 11.0. The monoisotopic (exact) mass is 269 g/mol. The van der Waals surface area contributed by atoms with Gasteiger partial charge in [0.1, 0.15) is 0 Å². The number of halogens is 1. The first-order valence-electron chi connectivity index (χ1n) is 6.14. The number of carbonyl (C=O) groups is 1. The molecule has 1 N–H and O–H groups in total. The van der Waals surface area contributed by atoms with Gasteiger partial charge in [-0.1, -0.05) is 17.7 Å². The van der Waals surface area contributed by atoms with Crippen LogP contribution >= 0.6 is 11.6 Å². The molecule has 1 aromatic carbocycles. The Morgan fingerprint density at radius 2 is 2.11 bits per heavy atom. The van der Waals surface area contributed by atoms with Crippen molar-refractivity contribution < 1.29 is 9.53 Å². The van der Waals surface area contributed by atoms with Crippen LogP contribution in [-0.4, -0.2) is 31.5 Å². The van der Waals surface area contributed by atoms with E-state index in [4.69, 9.17) is 16.3 Å². The predicted molar refractivity (Wildman–Crippen MR) is 74.4 cm³/mol. The Kier molecular flexibility index (Phi) is 6.76. The second kappa shape index (κ2) is 8.11. The molecule has 18 heavy (non-hydrogen) atoms. The lowest BCUT2D eigenvalue weighted by molar-refractivity contribution is 0.0944. The number of hydrogen-bond acceptors (Lipinski definition) is 2. The molecule has 0 spiro atoms. The summed E-state index contributed by atoms with van der Waals surface area (Å²) in [5.74, 6) is 0.486. The molecule has 0 atom stereocenters. The topological polar surface area (TPSA) is 38.3 Å². The Hall–Kier alpha value is -1.06. The molecule has 1 rings (SSSR count). The van der Waals surface area contributed by atoms with Crippen molar-refractivity contribution in [2.75, 3.05) is 25.6 Å². The summed E-state index contributed by atoms with van der Waals surface area (Å²) < 4.78 is 5.23. The van der Waals surface area contributed by atoms with Crippen LogP contribution in [-0.2, 0) is 4.74 Å². The molecule has 0 saturated carbocycles. The van der Waals surface area contributed by atoms with Crippen molar-refractivity contribution in [1.29, 1.82) is 0 Å². The highest BCUT2D eigenvalue weighted by Crippen LogP contribution is 2.10. The lowest BCUT2D eigenvalue weighted by atomic mass is 10.1. The van der Waals surface area contributed by atoms with Crippen molar-refractivity contribution in [3.8, 4) is 0 Å². The van der Waals surface area contributed by atoms with Crippen molar-refractivity contribution in [3.05, 3.63) is 34.9 Å². The Morgan fingerprint density at radius 3 is 2.78 bits per heavy atom. The highest BCUT2D eigenvalue weighted by molar-refractivity contribution is 6.17. The maximum absolute atomic E-state index is 11.9. The van der Waals surface area contributed by atoms with E-state index in [1.807, 2.05) is 32.0 Å². The van der Waals surface area contributed by atoms with E-state index < -0.39 is 0 Å². The largest absolute Gasteiger partial charge is 0.380 e. The molecule has 1 aromatic rings. The minimum absolute atomic E-state index is 0.0233. The van der Waals surface area contributed by atoms with Crippen LogP contribution in [0, 0.1) is 13.8 Å². The van der Waals surface area contributed by atoms with E-state index in [1.165, 1.54) is 5.56 Å². The summed E-state index contributed by atoms with van der Waals surface area (Å²) in [4.78, 5) is 11.9. The van der Waals surface area contributed by atoms with Crippen molar-refractivity contribution >= 4 is 17.5 Å². The van der Waals surface area contributed by atoms with Gasteiger partial charge in [0, 0.05) is 24.6 Å². The number of hydrogen-bond donors (Lipinski definition) is 1. The van der Waals surface area contributed by atoms with Crippen LogP contribution in [0.25, 0.3) is 0 Å². The van der Waals surface area contributed by atoms with Gasteiger partial charge in [-0.3, -0.25) is 4.79 Å². The zero-order chi connectivity index (χ0) is 13.4. The van der Waals surface area contributed by atoms with Crippen LogP contribution in [0.3, 0.4) is 0 Å². The molecule has 0 aromatic heterocycles. The zero-order valence-corrected chi connectivity index (χ0v) is 11.7. The average molecular weight is 270 g/mol. The number of amides is 1. The van der Waals surface area contributed by atoms with Crippen molar-refractivity contribution in [2.45, 2.75) is 20.3 Å². The van der Waals surface area contributed by atoms with Gasteiger partial charge in [-0.25, -0.2) is 0 Å². The molecule has 0 radical (unpaired) electrons. The van der Waals surface area contributed by atoms with Gasteiger partial charge in [-0.05, 0) is 31.9 Å². The Labute approximate surface area is 113 Å². The predicted octanol–water partition coefficient (Wildman–Crippen LogP) is 2.68. The molecule has 0 fully saturated rings. The van der Waals surface area contributed by atoms with Gasteiger partial charge >= 0.3 is 0 Å². The maximum atomic E-state index is 11.9. The van der Waals surface area contributed by atoms with Crippen LogP contribution in [0.1, 0.15) is 27.9 Å². The normalized spacial score (nSPS) is 10.4. The van der Waals surface area contributed by atoms with Gasteiger partial charge < -0.3 is 10.1 Å². The fourth-order valence-corrected chi connectivity index (χ4v) is 1.81. The smallest absolute Gasteiger partial charge is 0.251 e. The van der Waals surface area contributed by atoms with E-state index >= 15 is 0 Å². The first kappa shape index (κ1) is 15.0. The third-order valence-electron chi connectivity index (χ3n) is 2.60. The molecular weight excluding hydrogens is 250 g/mol. The molecule has 3 nitrogen and oxygen atoms in total. The van der Waals surface area contributed by atoms with E-state index in [0.717, 1.165) is 17.5 Å². The van der Waals surface area contributed by atoms with E-state index in [2.05, 4.69) is 5.32 Å². The van der Waals surface area contributed by atoms with Crippen LogP contribution < -0.4 is 5.32 Å². The van der Waals surface area contributed by atoms with E-state index in [9.17, 15) is 4.79 Å². The van der Waals surface area contributed by atoms with Gasteiger partial charge in [0.05, 0.1) is 6.61 Å². The molecular formula is C14H20ClNO2. The van der Waals surface area contributed by atoms with Gasteiger partial charge in [-0.2, -0.15) is 0 Å². The molecule has 4 heteroatoms. The van der Waals surface area contributed by atoms with Gasteiger partial charge in [0.15, 0.2) is 0 Å². The standard InChI is InChI=1S/C14H20ClNO2/c1-11-4-5-13(12(2)10-11)14(17)16-7-3-8-18-9-6-15/h4-5,10H,3,6-9H2,1-2H3,(H,16,17). The van der Waals surface area contributed by atoms with Crippen LogP contribution in [0.2, 0.25) is 0 Å².